The molecule has 0 fully saturated rings. The Balaban J connectivity index is 2.37. The summed E-state index contributed by atoms with van der Waals surface area (Å²) in [4.78, 5) is 1.48. The van der Waals surface area contributed by atoms with E-state index in [0.717, 1.165) is 6.42 Å². The Morgan fingerprint density at radius 3 is 3.00 bits per heavy atom. The van der Waals surface area contributed by atoms with Gasteiger partial charge in [-0.1, -0.05) is 42.5 Å². The molecular formula is C13H10S. The molecular weight excluding hydrogens is 188 g/mol. The van der Waals surface area contributed by atoms with Crippen molar-refractivity contribution in [3.05, 3.63) is 52.9 Å². The van der Waals surface area contributed by atoms with E-state index >= 15 is 0 Å². The molecule has 1 heteroatoms. The van der Waals surface area contributed by atoms with E-state index in [1.807, 2.05) is 11.3 Å². The van der Waals surface area contributed by atoms with Gasteiger partial charge >= 0.3 is 0 Å². The summed E-state index contributed by atoms with van der Waals surface area (Å²) in [5.74, 6) is 0. The number of rotatable bonds is 0. The van der Waals surface area contributed by atoms with Crippen LogP contribution in [0.5, 0.6) is 0 Å². The third-order valence-corrected chi connectivity index (χ3v) is 3.73. The second-order valence-corrected chi connectivity index (χ2v) is 4.56. The molecule has 1 aromatic carbocycles. The zero-order chi connectivity index (χ0) is 9.38. The zero-order valence-corrected chi connectivity index (χ0v) is 8.55. The minimum absolute atomic E-state index is 1.07. The largest absolute Gasteiger partial charge is 0.139 e. The highest BCUT2D eigenvalue weighted by Crippen LogP contribution is 2.33. The van der Waals surface area contributed by atoms with E-state index < -0.39 is 0 Å². The lowest BCUT2D eigenvalue weighted by atomic mass is 10.1. The van der Waals surface area contributed by atoms with Gasteiger partial charge in [0.15, 0.2) is 0 Å². The molecule has 3 rings (SSSR count). The molecule has 68 valence electrons. The van der Waals surface area contributed by atoms with Crippen LogP contribution in [0.4, 0.5) is 0 Å². The van der Waals surface area contributed by atoms with E-state index in [1.165, 1.54) is 20.5 Å². The number of hydrogen-bond donors (Lipinski definition) is 0. The highest BCUT2D eigenvalue weighted by atomic mass is 32.1. The van der Waals surface area contributed by atoms with Crippen molar-refractivity contribution >= 4 is 27.5 Å². The van der Waals surface area contributed by atoms with E-state index in [-0.39, 0.29) is 0 Å². The standard InChI is InChI=1S/C13H10S/c1-2-6-10-11-7-4-5-9-13(11)14-12(10)8-3-1/h1-7,9H,8H2. The van der Waals surface area contributed by atoms with Crippen LogP contribution in [0.2, 0.25) is 0 Å². The molecule has 2 aromatic rings. The van der Waals surface area contributed by atoms with Gasteiger partial charge in [-0.25, -0.2) is 0 Å². The molecule has 0 amide bonds. The van der Waals surface area contributed by atoms with Crippen LogP contribution in [0.25, 0.3) is 16.2 Å². The number of fused-ring (bicyclic) bond motifs is 3. The molecule has 0 saturated heterocycles. The molecule has 0 radical (unpaired) electrons. The summed E-state index contributed by atoms with van der Waals surface area (Å²) in [5.41, 5.74) is 1.41. The van der Waals surface area contributed by atoms with E-state index in [1.54, 1.807) is 0 Å². The Hall–Kier alpha value is -1.34. The van der Waals surface area contributed by atoms with Crippen molar-refractivity contribution in [2.75, 3.05) is 0 Å². The normalized spacial score (nSPS) is 14.3. The van der Waals surface area contributed by atoms with Crippen molar-refractivity contribution in [3.8, 4) is 0 Å². The molecule has 0 N–H and O–H groups in total. The maximum absolute atomic E-state index is 2.22. The molecule has 1 aromatic heterocycles. The maximum Gasteiger partial charge on any atom is 0.0352 e. The lowest BCUT2D eigenvalue weighted by Gasteiger charge is -1.92. The van der Waals surface area contributed by atoms with Crippen LogP contribution in [0.3, 0.4) is 0 Å². The Kier molecular flexibility index (Phi) is 1.78. The molecule has 0 unspecified atom stereocenters. The van der Waals surface area contributed by atoms with Gasteiger partial charge in [-0.3, -0.25) is 0 Å². The van der Waals surface area contributed by atoms with Gasteiger partial charge in [0, 0.05) is 16.0 Å². The van der Waals surface area contributed by atoms with Gasteiger partial charge in [0.2, 0.25) is 0 Å². The summed E-state index contributed by atoms with van der Waals surface area (Å²) >= 11 is 1.91. The van der Waals surface area contributed by atoms with Crippen molar-refractivity contribution in [1.29, 1.82) is 0 Å². The first-order valence-corrected chi connectivity index (χ1v) is 5.60. The number of benzene rings is 1. The maximum atomic E-state index is 2.22. The first-order valence-electron chi connectivity index (χ1n) is 4.79. The second-order valence-electron chi connectivity index (χ2n) is 3.43. The third-order valence-electron chi connectivity index (χ3n) is 2.52. The van der Waals surface area contributed by atoms with Crippen molar-refractivity contribution in [2.45, 2.75) is 6.42 Å². The second kappa shape index (κ2) is 3.10. The fourth-order valence-corrected chi connectivity index (χ4v) is 3.02. The third kappa shape index (κ3) is 1.13. The van der Waals surface area contributed by atoms with Crippen LogP contribution in [0.1, 0.15) is 10.4 Å². The van der Waals surface area contributed by atoms with Gasteiger partial charge in [-0.05, 0) is 17.0 Å². The smallest absolute Gasteiger partial charge is 0.0352 e. The molecule has 1 aliphatic carbocycles. The molecule has 0 spiro atoms. The lowest BCUT2D eigenvalue weighted by molar-refractivity contribution is 1.35. The van der Waals surface area contributed by atoms with E-state index in [9.17, 15) is 0 Å². The highest BCUT2D eigenvalue weighted by Gasteiger charge is 2.08. The Morgan fingerprint density at radius 2 is 2.00 bits per heavy atom. The van der Waals surface area contributed by atoms with Gasteiger partial charge in [-0.15, -0.1) is 11.3 Å². The van der Waals surface area contributed by atoms with Crippen molar-refractivity contribution < 1.29 is 0 Å². The van der Waals surface area contributed by atoms with Gasteiger partial charge in [-0.2, -0.15) is 0 Å². The monoisotopic (exact) mass is 198 g/mol. The van der Waals surface area contributed by atoms with Gasteiger partial charge in [0.25, 0.3) is 0 Å². The Labute approximate surface area is 87.2 Å². The average molecular weight is 198 g/mol. The Bertz CT molecular complexity index is 529. The SMILES string of the molecule is C1=CCc2sc3ccccc3c2C=C1. The summed E-state index contributed by atoms with van der Waals surface area (Å²) in [7, 11) is 0. The molecule has 14 heavy (non-hydrogen) atoms. The fraction of sp³-hybridized carbons (Fsp3) is 0.0769. The minimum Gasteiger partial charge on any atom is -0.139 e. The molecule has 0 atom stereocenters. The topological polar surface area (TPSA) is 0 Å². The average Bonchev–Trinajstić information content (AvgIpc) is 2.42. The number of thiophene rings is 1. The summed E-state index contributed by atoms with van der Waals surface area (Å²) in [6, 6.07) is 8.63. The van der Waals surface area contributed by atoms with Crippen molar-refractivity contribution in [2.24, 2.45) is 0 Å². The van der Waals surface area contributed by atoms with Crippen LogP contribution in [-0.2, 0) is 6.42 Å². The Morgan fingerprint density at radius 1 is 1.07 bits per heavy atom. The molecule has 0 aliphatic heterocycles. The molecule has 1 aliphatic rings. The summed E-state index contributed by atoms with van der Waals surface area (Å²) in [6.45, 7) is 0. The lowest BCUT2D eigenvalue weighted by Crippen LogP contribution is -1.76. The van der Waals surface area contributed by atoms with E-state index in [2.05, 4.69) is 48.6 Å². The fourth-order valence-electron chi connectivity index (χ4n) is 1.86. The summed E-state index contributed by atoms with van der Waals surface area (Å²) < 4.78 is 1.40. The molecule has 0 saturated carbocycles. The van der Waals surface area contributed by atoms with Crippen molar-refractivity contribution in [1.82, 2.24) is 0 Å². The van der Waals surface area contributed by atoms with Crippen LogP contribution < -0.4 is 0 Å². The molecule has 1 heterocycles. The predicted molar refractivity (Wildman–Crippen MR) is 63.7 cm³/mol. The minimum atomic E-state index is 1.07. The van der Waals surface area contributed by atoms with Gasteiger partial charge < -0.3 is 0 Å². The van der Waals surface area contributed by atoms with E-state index in [4.69, 9.17) is 0 Å². The van der Waals surface area contributed by atoms with Gasteiger partial charge in [0.05, 0.1) is 0 Å². The number of hydrogen-bond acceptors (Lipinski definition) is 1. The molecule has 0 bridgehead atoms. The number of allylic oxidation sites excluding steroid dienone is 3. The van der Waals surface area contributed by atoms with Crippen LogP contribution in [0.15, 0.2) is 42.5 Å². The first-order chi connectivity index (χ1) is 6.95. The van der Waals surface area contributed by atoms with Crippen molar-refractivity contribution in [3.63, 3.8) is 0 Å². The quantitative estimate of drug-likeness (QED) is 0.599. The van der Waals surface area contributed by atoms with Crippen LogP contribution in [-0.4, -0.2) is 0 Å². The van der Waals surface area contributed by atoms with E-state index in [0.29, 0.717) is 0 Å². The van der Waals surface area contributed by atoms with Gasteiger partial charge in [0.1, 0.15) is 0 Å². The summed E-state index contributed by atoms with van der Waals surface area (Å²) in [6.07, 6.45) is 9.77. The van der Waals surface area contributed by atoms with Crippen LogP contribution in [0, 0.1) is 0 Å². The van der Waals surface area contributed by atoms with Crippen LogP contribution >= 0.6 is 11.3 Å². The highest BCUT2D eigenvalue weighted by molar-refractivity contribution is 7.19. The first kappa shape index (κ1) is 8.01. The predicted octanol–water partition coefficient (Wildman–Crippen LogP) is 4.03. The zero-order valence-electron chi connectivity index (χ0n) is 7.73. The molecule has 0 nitrogen and oxygen atoms in total. The summed E-state index contributed by atoms with van der Waals surface area (Å²) in [5, 5.41) is 1.40.